The van der Waals surface area contributed by atoms with Gasteiger partial charge in [-0.2, -0.15) is 0 Å². The molecule has 0 radical (unpaired) electrons. The highest BCUT2D eigenvalue weighted by Gasteiger charge is 2.12. The van der Waals surface area contributed by atoms with Crippen molar-refractivity contribution in [3.05, 3.63) is 12.2 Å². The molecule has 0 spiro atoms. The third-order valence-electron chi connectivity index (χ3n) is 2.67. The predicted molar refractivity (Wildman–Crippen MR) is 70.3 cm³/mol. The summed E-state index contributed by atoms with van der Waals surface area (Å²) in [5.41, 5.74) is 0. The molecule has 0 aromatic carbocycles. The van der Waals surface area contributed by atoms with Crippen LogP contribution < -0.4 is 0 Å². The molecule has 0 heterocycles. The fourth-order valence-corrected chi connectivity index (χ4v) is 2.01. The summed E-state index contributed by atoms with van der Waals surface area (Å²) in [6.07, 6.45) is 11.0. The van der Waals surface area contributed by atoms with Gasteiger partial charge < -0.3 is 0 Å². The molecule has 0 aromatic rings. The summed E-state index contributed by atoms with van der Waals surface area (Å²) in [5.74, 6) is 0. The van der Waals surface area contributed by atoms with Gasteiger partial charge in [-0.25, -0.2) is 0 Å². The molecule has 0 aliphatic rings. The van der Waals surface area contributed by atoms with E-state index in [0.717, 1.165) is 6.42 Å². The molecule has 0 rings (SSSR count). The minimum atomic E-state index is 0.676. The summed E-state index contributed by atoms with van der Waals surface area (Å²) in [7, 11) is 0. The quantitative estimate of drug-likeness (QED) is 0.516. The van der Waals surface area contributed by atoms with E-state index in [9.17, 15) is 0 Å². The molecule has 1 unspecified atom stereocenters. The van der Waals surface area contributed by atoms with E-state index < -0.39 is 0 Å². The molecule has 0 aliphatic heterocycles. The standard InChI is InChI=1S/C14H29N/c1-5-9-11-14(10-6-2)15(12-7-3)13-8-4/h9,11,14H,5-8,10,12-13H2,1-4H3. The maximum atomic E-state index is 2.63. The van der Waals surface area contributed by atoms with Crippen LogP contribution in [0.1, 0.15) is 59.8 Å². The fraction of sp³-hybridized carbons (Fsp3) is 0.857. The highest BCUT2D eigenvalue weighted by Crippen LogP contribution is 2.10. The van der Waals surface area contributed by atoms with E-state index in [1.807, 2.05) is 0 Å². The van der Waals surface area contributed by atoms with Gasteiger partial charge >= 0.3 is 0 Å². The molecule has 1 heteroatoms. The van der Waals surface area contributed by atoms with Crippen LogP contribution in [0.5, 0.6) is 0 Å². The van der Waals surface area contributed by atoms with Crippen LogP contribution in [0, 0.1) is 0 Å². The van der Waals surface area contributed by atoms with Crippen LogP contribution in [-0.2, 0) is 0 Å². The van der Waals surface area contributed by atoms with E-state index in [4.69, 9.17) is 0 Å². The smallest absolute Gasteiger partial charge is 0.0278 e. The van der Waals surface area contributed by atoms with Crippen molar-refractivity contribution >= 4 is 0 Å². The molecule has 1 nitrogen and oxygen atoms in total. The van der Waals surface area contributed by atoms with Crippen molar-refractivity contribution in [2.75, 3.05) is 13.1 Å². The highest BCUT2D eigenvalue weighted by atomic mass is 15.1. The average molecular weight is 211 g/mol. The fourth-order valence-electron chi connectivity index (χ4n) is 2.01. The maximum absolute atomic E-state index is 2.63. The van der Waals surface area contributed by atoms with Crippen LogP contribution >= 0.6 is 0 Å². The number of allylic oxidation sites excluding steroid dienone is 1. The second kappa shape index (κ2) is 10.2. The molecular weight excluding hydrogens is 182 g/mol. The van der Waals surface area contributed by atoms with Gasteiger partial charge in [0.15, 0.2) is 0 Å². The zero-order valence-corrected chi connectivity index (χ0v) is 11.1. The number of hydrogen-bond donors (Lipinski definition) is 0. The Hall–Kier alpha value is -0.300. The molecule has 15 heavy (non-hydrogen) atoms. The molecule has 0 N–H and O–H groups in total. The Balaban J connectivity index is 4.28. The van der Waals surface area contributed by atoms with Gasteiger partial charge in [0.25, 0.3) is 0 Å². The van der Waals surface area contributed by atoms with E-state index in [1.165, 1.54) is 38.8 Å². The first kappa shape index (κ1) is 14.7. The van der Waals surface area contributed by atoms with Gasteiger partial charge in [0, 0.05) is 6.04 Å². The van der Waals surface area contributed by atoms with Crippen molar-refractivity contribution in [1.29, 1.82) is 0 Å². The summed E-state index contributed by atoms with van der Waals surface area (Å²) >= 11 is 0. The van der Waals surface area contributed by atoms with Crippen LogP contribution in [-0.4, -0.2) is 24.0 Å². The van der Waals surface area contributed by atoms with E-state index in [1.54, 1.807) is 0 Å². The first-order chi connectivity index (χ1) is 7.29. The van der Waals surface area contributed by atoms with Crippen molar-refractivity contribution in [1.82, 2.24) is 4.90 Å². The summed E-state index contributed by atoms with van der Waals surface area (Å²) in [6, 6.07) is 0.676. The minimum Gasteiger partial charge on any atom is -0.297 e. The highest BCUT2D eigenvalue weighted by molar-refractivity contribution is 4.93. The molecule has 0 fully saturated rings. The van der Waals surface area contributed by atoms with E-state index in [2.05, 4.69) is 44.7 Å². The minimum absolute atomic E-state index is 0.676. The Kier molecular flexibility index (Phi) is 10.0. The molecular formula is C14H29N. The van der Waals surface area contributed by atoms with E-state index >= 15 is 0 Å². The van der Waals surface area contributed by atoms with Gasteiger partial charge in [0.2, 0.25) is 0 Å². The lowest BCUT2D eigenvalue weighted by Crippen LogP contribution is -2.35. The van der Waals surface area contributed by atoms with Gasteiger partial charge in [0.05, 0.1) is 0 Å². The third kappa shape index (κ3) is 6.72. The Bertz CT molecular complexity index is 145. The van der Waals surface area contributed by atoms with Gasteiger partial charge in [0.1, 0.15) is 0 Å². The molecule has 0 saturated heterocycles. The number of hydrogen-bond acceptors (Lipinski definition) is 1. The van der Waals surface area contributed by atoms with E-state index in [-0.39, 0.29) is 0 Å². The molecule has 90 valence electrons. The number of nitrogens with zero attached hydrogens (tertiary/aromatic N) is 1. The largest absolute Gasteiger partial charge is 0.297 e. The topological polar surface area (TPSA) is 3.24 Å². The summed E-state index contributed by atoms with van der Waals surface area (Å²) in [5, 5.41) is 0. The van der Waals surface area contributed by atoms with Crippen molar-refractivity contribution < 1.29 is 0 Å². The first-order valence-electron chi connectivity index (χ1n) is 6.70. The Morgan fingerprint density at radius 1 is 0.933 bits per heavy atom. The normalized spacial score (nSPS) is 13.9. The zero-order valence-electron chi connectivity index (χ0n) is 11.1. The van der Waals surface area contributed by atoms with Gasteiger partial charge in [-0.3, -0.25) is 4.90 Å². The van der Waals surface area contributed by atoms with Crippen molar-refractivity contribution in [3.63, 3.8) is 0 Å². The van der Waals surface area contributed by atoms with Crippen molar-refractivity contribution in [3.8, 4) is 0 Å². The summed E-state index contributed by atoms with van der Waals surface area (Å²) < 4.78 is 0. The number of rotatable bonds is 9. The zero-order chi connectivity index (χ0) is 11.5. The molecule has 0 aromatic heterocycles. The maximum Gasteiger partial charge on any atom is 0.0278 e. The van der Waals surface area contributed by atoms with E-state index in [0.29, 0.717) is 6.04 Å². The lowest BCUT2D eigenvalue weighted by Gasteiger charge is -2.29. The lowest BCUT2D eigenvalue weighted by atomic mass is 10.1. The van der Waals surface area contributed by atoms with Crippen LogP contribution in [0.3, 0.4) is 0 Å². The molecule has 1 atom stereocenters. The lowest BCUT2D eigenvalue weighted by molar-refractivity contribution is 0.219. The van der Waals surface area contributed by atoms with Crippen molar-refractivity contribution in [2.45, 2.75) is 65.8 Å². The van der Waals surface area contributed by atoms with Gasteiger partial charge in [-0.05, 0) is 38.8 Å². The van der Waals surface area contributed by atoms with Crippen LogP contribution in [0.4, 0.5) is 0 Å². The van der Waals surface area contributed by atoms with Crippen LogP contribution in [0.2, 0.25) is 0 Å². The average Bonchev–Trinajstić information content (AvgIpc) is 2.24. The van der Waals surface area contributed by atoms with Gasteiger partial charge in [-0.15, -0.1) is 0 Å². The monoisotopic (exact) mass is 211 g/mol. The SMILES string of the molecule is CCC=CC(CCC)N(CCC)CCC. The van der Waals surface area contributed by atoms with Crippen molar-refractivity contribution in [2.24, 2.45) is 0 Å². The first-order valence-corrected chi connectivity index (χ1v) is 6.70. The van der Waals surface area contributed by atoms with Crippen LogP contribution in [0.15, 0.2) is 12.2 Å². The molecule has 0 saturated carbocycles. The summed E-state index contributed by atoms with van der Waals surface area (Å²) in [4.78, 5) is 2.63. The Morgan fingerprint density at radius 3 is 1.93 bits per heavy atom. The van der Waals surface area contributed by atoms with Crippen LogP contribution in [0.25, 0.3) is 0 Å². The molecule has 0 amide bonds. The predicted octanol–water partition coefficient (Wildman–Crippen LogP) is 4.24. The second-order valence-corrected chi connectivity index (χ2v) is 4.23. The van der Waals surface area contributed by atoms with Gasteiger partial charge in [-0.1, -0.05) is 46.3 Å². The third-order valence-corrected chi connectivity index (χ3v) is 2.67. The molecule has 0 bridgehead atoms. The second-order valence-electron chi connectivity index (χ2n) is 4.23. The Morgan fingerprint density at radius 2 is 1.53 bits per heavy atom. The summed E-state index contributed by atoms with van der Waals surface area (Å²) in [6.45, 7) is 11.5. The Labute approximate surface area is 96.6 Å². The molecule has 0 aliphatic carbocycles.